The Morgan fingerprint density at radius 2 is 1.56 bits per heavy atom. The molecule has 0 heteroatoms. The van der Waals surface area contributed by atoms with Crippen molar-refractivity contribution in [1.82, 2.24) is 0 Å². The molecule has 0 nitrogen and oxygen atoms in total. The third-order valence-electron chi connectivity index (χ3n) is 5.17. The van der Waals surface area contributed by atoms with E-state index in [1.807, 2.05) is 0 Å². The van der Waals surface area contributed by atoms with Crippen molar-refractivity contribution >= 4 is 0 Å². The van der Waals surface area contributed by atoms with E-state index in [0.29, 0.717) is 0 Å². The summed E-state index contributed by atoms with van der Waals surface area (Å²) in [6, 6.07) is 11.2. The van der Waals surface area contributed by atoms with E-state index in [2.05, 4.69) is 42.5 Å². The summed E-state index contributed by atoms with van der Waals surface area (Å²) >= 11 is 0. The summed E-state index contributed by atoms with van der Waals surface area (Å²) in [4.78, 5) is 0. The maximum absolute atomic E-state index is 2.53. The van der Waals surface area contributed by atoms with E-state index >= 15 is 0 Å². The standard InChI is InChI=1S/C16H18/c1-2-5-11(6-3-1)16-14-8-4-7-12-13(14)9-10-15(12)16/h1-3,5-6,9-10,12-16H,4,7-8H2/t12-,13-,14+,15+,16+/m0/s1. The SMILES string of the molecule is C1=C[C@H]2[C@@H]3CCC[C@H]2[C@@H](c2ccccc2)[C@H]13. The molecule has 0 N–H and O–H groups in total. The Bertz CT molecular complexity index is 417. The van der Waals surface area contributed by atoms with Gasteiger partial charge in [-0.3, -0.25) is 0 Å². The fourth-order valence-electron chi connectivity index (χ4n) is 4.66. The lowest BCUT2D eigenvalue weighted by Crippen LogP contribution is -2.19. The highest BCUT2D eigenvalue weighted by Crippen LogP contribution is 2.61. The second-order valence-corrected chi connectivity index (χ2v) is 5.73. The summed E-state index contributed by atoms with van der Waals surface area (Å²) in [6.45, 7) is 0. The quantitative estimate of drug-likeness (QED) is 0.614. The second kappa shape index (κ2) is 3.23. The average molecular weight is 210 g/mol. The van der Waals surface area contributed by atoms with Crippen molar-refractivity contribution < 1.29 is 0 Å². The molecule has 1 aromatic rings. The number of benzene rings is 1. The van der Waals surface area contributed by atoms with Gasteiger partial charge in [-0.2, -0.15) is 0 Å². The van der Waals surface area contributed by atoms with E-state index in [0.717, 1.165) is 29.6 Å². The first kappa shape index (κ1) is 9.04. The first-order valence-corrected chi connectivity index (χ1v) is 6.68. The fourth-order valence-corrected chi connectivity index (χ4v) is 4.66. The maximum atomic E-state index is 2.53. The summed E-state index contributed by atoms with van der Waals surface area (Å²) < 4.78 is 0. The topological polar surface area (TPSA) is 0 Å². The van der Waals surface area contributed by atoms with Gasteiger partial charge >= 0.3 is 0 Å². The highest BCUT2D eigenvalue weighted by molar-refractivity contribution is 5.31. The summed E-state index contributed by atoms with van der Waals surface area (Å²) in [5.41, 5.74) is 1.59. The zero-order valence-electron chi connectivity index (χ0n) is 9.55. The summed E-state index contributed by atoms with van der Waals surface area (Å²) in [6.07, 6.45) is 9.45. The van der Waals surface area contributed by atoms with Crippen molar-refractivity contribution in [2.24, 2.45) is 23.7 Å². The molecule has 0 aromatic heterocycles. The molecular formula is C16H18. The van der Waals surface area contributed by atoms with Gasteiger partial charge in [-0.05, 0) is 48.0 Å². The lowest BCUT2D eigenvalue weighted by Gasteiger charge is -2.29. The van der Waals surface area contributed by atoms with Crippen LogP contribution in [0.25, 0.3) is 0 Å². The lowest BCUT2D eigenvalue weighted by atomic mass is 9.75. The predicted molar refractivity (Wildman–Crippen MR) is 66.1 cm³/mol. The minimum atomic E-state index is 0.837. The monoisotopic (exact) mass is 210 g/mol. The summed E-state index contributed by atoms with van der Waals surface area (Å²) in [7, 11) is 0. The average Bonchev–Trinajstić information content (AvgIpc) is 2.83. The molecule has 4 bridgehead atoms. The molecule has 2 fully saturated rings. The molecule has 1 aromatic carbocycles. The molecule has 82 valence electrons. The molecule has 0 heterocycles. The van der Waals surface area contributed by atoms with Gasteiger partial charge in [-0.1, -0.05) is 48.9 Å². The first-order valence-electron chi connectivity index (χ1n) is 6.68. The smallest absolute Gasteiger partial charge is 0.00621 e. The second-order valence-electron chi connectivity index (χ2n) is 5.73. The third kappa shape index (κ3) is 1.05. The van der Waals surface area contributed by atoms with Gasteiger partial charge in [-0.15, -0.1) is 0 Å². The number of hydrogen-bond acceptors (Lipinski definition) is 0. The van der Waals surface area contributed by atoms with Crippen LogP contribution in [0.2, 0.25) is 0 Å². The Kier molecular flexibility index (Phi) is 1.82. The maximum Gasteiger partial charge on any atom is -0.00621 e. The number of hydrogen-bond donors (Lipinski definition) is 0. The zero-order valence-corrected chi connectivity index (χ0v) is 9.55. The van der Waals surface area contributed by atoms with Gasteiger partial charge in [0.2, 0.25) is 0 Å². The first-order chi connectivity index (χ1) is 7.95. The Labute approximate surface area is 97.4 Å². The van der Waals surface area contributed by atoms with Crippen LogP contribution in [0.5, 0.6) is 0 Å². The zero-order chi connectivity index (χ0) is 10.5. The van der Waals surface area contributed by atoms with Crippen LogP contribution >= 0.6 is 0 Å². The van der Waals surface area contributed by atoms with Crippen LogP contribution in [-0.4, -0.2) is 0 Å². The van der Waals surface area contributed by atoms with Gasteiger partial charge in [0.1, 0.15) is 0 Å². The largest absolute Gasteiger partial charge is 0.0845 e. The number of rotatable bonds is 1. The molecule has 2 saturated carbocycles. The van der Waals surface area contributed by atoms with E-state index in [1.165, 1.54) is 19.3 Å². The predicted octanol–water partition coefficient (Wildman–Crippen LogP) is 4.00. The van der Waals surface area contributed by atoms with Gasteiger partial charge in [0.15, 0.2) is 0 Å². The number of allylic oxidation sites excluding steroid dienone is 2. The summed E-state index contributed by atoms with van der Waals surface area (Å²) in [5.74, 6) is 4.56. The van der Waals surface area contributed by atoms with Gasteiger partial charge in [0.25, 0.3) is 0 Å². The van der Waals surface area contributed by atoms with Crippen LogP contribution in [0.3, 0.4) is 0 Å². The Morgan fingerprint density at radius 3 is 2.38 bits per heavy atom. The summed E-state index contributed by atoms with van der Waals surface area (Å²) in [5, 5.41) is 0. The molecule has 3 aliphatic carbocycles. The Hall–Kier alpha value is -1.04. The van der Waals surface area contributed by atoms with Gasteiger partial charge in [-0.25, -0.2) is 0 Å². The molecule has 3 aliphatic rings. The molecule has 4 rings (SSSR count). The van der Waals surface area contributed by atoms with Gasteiger partial charge in [0.05, 0.1) is 0 Å². The fraction of sp³-hybridized carbons (Fsp3) is 0.500. The highest BCUT2D eigenvalue weighted by atomic mass is 14.6. The molecule has 0 amide bonds. The van der Waals surface area contributed by atoms with E-state index in [1.54, 1.807) is 5.56 Å². The van der Waals surface area contributed by atoms with Crippen molar-refractivity contribution in [2.45, 2.75) is 25.2 Å². The van der Waals surface area contributed by atoms with E-state index in [9.17, 15) is 0 Å². The van der Waals surface area contributed by atoms with Crippen LogP contribution < -0.4 is 0 Å². The molecule has 0 radical (unpaired) electrons. The molecule has 0 unspecified atom stereocenters. The lowest BCUT2D eigenvalue weighted by molar-refractivity contribution is 0.274. The Balaban J connectivity index is 1.78. The molecule has 16 heavy (non-hydrogen) atoms. The highest BCUT2D eigenvalue weighted by Gasteiger charge is 2.53. The van der Waals surface area contributed by atoms with Crippen LogP contribution in [0, 0.1) is 23.7 Å². The minimum absolute atomic E-state index is 0.837. The van der Waals surface area contributed by atoms with Gasteiger partial charge < -0.3 is 0 Å². The minimum Gasteiger partial charge on any atom is -0.0845 e. The van der Waals surface area contributed by atoms with E-state index in [-0.39, 0.29) is 0 Å². The van der Waals surface area contributed by atoms with Crippen molar-refractivity contribution in [3.8, 4) is 0 Å². The Morgan fingerprint density at radius 1 is 0.812 bits per heavy atom. The van der Waals surface area contributed by atoms with Crippen LogP contribution in [-0.2, 0) is 0 Å². The van der Waals surface area contributed by atoms with Gasteiger partial charge in [0, 0.05) is 0 Å². The third-order valence-corrected chi connectivity index (χ3v) is 5.17. The van der Waals surface area contributed by atoms with Crippen LogP contribution in [0.15, 0.2) is 42.5 Å². The van der Waals surface area contributed by atoms with E-state index < -0.39 is 0 Å². The molecule has 0 spiro atoms. The van der Waals surface area contributed by atoms with Crippen molar-refractivity contribution in [2.75, 3.05) is 0 Å². The van der Waals surface area contributed by atoms with Crippen LogP contribution in [0.4, 0.5) is 0 Å². The molecule has 0 saturated heterocycles. The molecule has 5 atom stereocenters. The van der Waals surface area contributed by atoms with Crippen molar-refractivity contribution in [1.29, 1.82) is 0 Å². The van der Waals surface area contributed by atoms with Crippen molar-refractivity contribution in [3.63, 3.8) is 0 Å². The normalized spacial score (nSPS) is 43.9. The van der Waals surface area contributed by atoms with Crippen molar-refractivity contribution in [3.05, 3.63) is 48.0 Å². The molecular weight excluding hydrogens is 192 g/mol. The van der Waals surface area contributed by atoms with Crippen LogP contribution in [0.1, 0.15) is 30.7 Å². The van der Waals surface area contributed by atoms with E-state index in [4.69, 9.17) is 0 Å². The molecule has 0 aliphatic heterocycles.